The Morgan fingerprint density at radius 1 is 1.07 bits per heavy atom. The van der Waals surface area contributed by atoms with Gasteiger partial charge in [0.2, 0.25) is 0 Å². The molecule has 1 aliphatic rings. The van der Waals surface area contributed by atoms with Crippen molar-refractivity contribution in [2.45, 2.75) is 19.4 Å². The van der Waals surface area contributed by atoms with Gasteiger partial charge in [-0.05, 0) is 42.7 Å². The number of fused-ring (bicyclic) bond motifs is 1. The maximum Gasteiger partial charge on any atom is 0.261 e. The molecule has 2 heterocycles. The average molecular weight is 402 g/mol. The zero-order valence-corrected chi connectivity index (χ0v) is 16.0. The van der Waals surface area contributed by atoms with Gasteiger partial charge in [-0.25, -0.2) is 4.98 Å². The van der Waals surface area contributed by atoms with E-state index in [0.717, 1.165) is 31.5 Å². The van der Waals surface area contributed by atoms with Crippen LogP contribution in [0.3, 0.4) is 0 Å². The molecule has 1 aromatic heterocycles. The molecule has 27 heavy (non-hydrogen) atoms. The molecule has 0 bridgehead atoms. The summed E-state index contributed by atoms with van der Waals surface area (Å²) >= 11 is 12.1. The van der Waals surface area contributed by atoms with Crippen molar-refractivity contribution in [3.63, 3.8) is 0 Å². The molecule has 0 spiro atoms. The fraction of sp³-hybridized carbons (Fsp3) is 0.250. The van der Waals surface area contributed by atoms with Gasteiger partial charge in [0, 0.05) is 23.7 Å². The molecule has 5 nitrogen and oxygen atoms in total. The number of benzene rings is 2. The van der Waals surface area contributed by atoms with Crippen LogP contribution in [0.1, 0.15) is 28.8 Å². The summed E-state index contributed by atoms with van der Waals surface area (Å²) in [7, 11) is 0. The van der Waals surface area contributed by atoms with Gasteiger partial charge in [-0.1, -0.05) is 35.3 Å². The predicted octanol–water partition coefficient (Wildman–Crippen LogP) is 3.99. The Kier molecular flexibility index (Phi) is 4.89. The minimum absolute atomic E-state index is 0.0628. The molecular weight excluding hydrogens is 385 g/mol. The SMILES string of the molecule is O=C(c1ccc(Cn2cnc3c(Cl)cc(Cl)cc3c2=O)cc1)N1CCCC1. The Labute approximate surface area is 166 Å². The third kappa shape index (κ3) is 3.57. The Hall–Kier alpha value is -2.37. The van der Waals surface area contributed by atoms with Crippen molar-refractivity contribution in [2.24, 2.45) is 0 Å². The minimum atomic E-state index is -0.207. The minimum Gasteiger partial charge on any atom is -0.339 e. The number of nitrogens with zero attached hydrogens (tertiary/aromatic N) is 3. The highest BCUT2D eigenvalue weighted by Gasteiger charge is 2.19. The van der Waals surface area contributed by atoms with E-state index in [1.807, 2.05) is 29.2 Å². The molecular formula is C20H17Cl2N3O2. The molecule has 7 heteroatoms. The van der Waals surface area contributed by atoms with Gasteiger partial charge >= 0.3 is 0 Å². The molecule has 0 saturated carbocycles. The third-order valence-electron chi connectivity index (χ3n) is 4.79. The van der Waals surface area contributed by atoms with E-state index in [0.29, 0.717) is 33.1 Å². The van der Waals surface area contributed by atoms with Gasteiger partial charge in [0.1, 0.15) is 0 Å². The monoisotopic (exact) mass is 401 g/mol. The van der Waals surface area contributed by atoms with Crippen LogP contribution in [0, 0.1) is 0 Å². The fourth-order valence-corrected chi connectivity index (χ4v) is 3.90. The molecule has 0 aliphatic carbocycles. The number of amides is 1. The second-order valence-electron chi connectivity index (χ2n) is 6.66. The van der Waals surface area contributed by atoms with Gasteiger partial charge in [-0.3, -0.25) is 14.2 Å². The normalized spacial score (nSPS) is 14.1. The lowest BCUT2D eigenvalue weighted by atomic mass is 10.1. The van der Waals surface area contributed by atoms with E-state index >= 15 is 0 Å². The standard InChI is InChI=1S/C20H17Cl2N3O2/c21-15-9-16-18(17(22)10-15)23-12-25(20(16)27)11-13-3-5-14(6-4-13)19(26)24-7-1-2-8-24/h3-6,9-10,12H,1-2,7-8,11H2. The Morgan fingerprint density at radius 3 is 2.48 bits per heavy atom. The largest absolute Gasteiger partial charge is 0.339 e. The first-order chi connectivity index (χ1) is 13.0. The highest BCUT2D eigenvalue weighted by molar-refractivity contribution is 6.38. The quantitative estimate of drug-likeness (QED) is 0.666. The first kappa shape index (κ1) is 18.0. The summed E-state index contributed by atoms with van der Waals surface area (Å²) < 4.78 is 1.51. The van der Waals surface area contributed by atoms with Crippen molar-refractivity contribution in [3.8, 4) is 0 Å². The van der Waals surface area contributed by atoms with E-state index in [1.165, 1.54) is 10.9 Å². The molecule has 2 aromatic carbocycles. The maximum atomic E-state index is 12.7. The summed E-state index contributed by atoms with van der Waals surface area (Å²) in [6, 6.07) is 10.5. The van der Waals surface area contributed by atoms with E-state index in [-0.39, 0.29) is 11.5 Å². The van der Waals surface area contributed by atoms with Crippen molar-refractivity contribution < 1.29 is 4.79 Å². The van der Waals surface area contributed by atoms with Crippen LogP contribution in [0.2, 0.25) is 10.0 Å². The maximum absolute atomic E-state index is 12.7. The van der Waals surface area contributed by atoms with Gasteiger partial charge in [-0.15, -0.1) is 0 Å². The van der Waals surface area contributed by atoms with E-state index in [1.54, 1.807) is 12.1 Å². The summed E-state index contributed by atoms with van der Waals surface area (Å²) in [6.45, 7) is 2.00. The molecule has 138 valence electrons. The summed E-state index contributed by atoms with van der Waals surface area (Å²) in [5.41, 5.74) is 1.81. The summed E-state index contributed by atoms with van der Waals surface area (Å²) in [6.07, 6.45) is 3.61. The Bertz CT molecular complexity index is 1070. The Morgan fingerprint density at radius 2 is 1.78 bits per heavy atom. The molecule has 4 rings (SSSR count). The van der Waals surface area contributed by atoms with E-state index in [9.17, 15) is 9.59 Å². The molecule has 3 aromatic rings. The predicted molar refractivity (Wildman–Crippen MR) is 107 cm³/mol. The van der Waals surface area contributed by atoms with Crippen molar-refractivity contribution in [1.82, 2.24) is 14.5 Å². The Balaban J connectivity index is 1.60. The number of hydrogen-bond donors (Lipinski definition) is 0. The van der Waals surface area contributed by atoms with Crippen LogP contribution >= 0.6 is 23.2 Å². The lowest BCUT2D eigenvalue weighted by Crippen LogP contribution is -2.27. The zero-order chi connectivity index (χ0) is 19.0. The van der Waals surface area contributed by atoms with Crippen LogP contribution in [0.4, 0.5) is 0 Å². The fourth-order valence-electron chi connectivity index (χ4n) is 3.36. The van der Waals surface area contributed by atoms with Crippen molar-refractivity contribution in [2.75, 3.05) is 13.1 Å². The number of carbonyl (C=O) groups is 1. The summed E-state index contributed by atoms with van der Waals surface area (Å²) in [5.74, 6) is 0.0628. The van der Waals surface area contributed by atoms with Crippen molar-refractivity contribution in [3.05, 3.63) is 74.3 Å². The van der Waals surface area contributed by atoms with Crippen molar-refractivity contribution in [1.29, 1.82) is 0 Å². The number of carbonyl (C=O) groups excluding carboxylic acids is 1. The molecule has 1 aliphatic heterocycles. The van der Waals surface area contributed by atoms with Crippen LogP contribution in [-0.4, -0.2) is 33.4 Å². The highest BCUT2D eigenvalue weighted by Crippen LogP contribution is 2.24. The van der Waals surface area contributed by atoms with Gasteiger partial charge < -0.3 is 4.90 Å². The second-order valence-corrected chi connectivity index (χ2v) is 7.50. The molecule has 1 fully saturated rings. The van der Waals surface area contributed by atoms with Gasteiger partial charge in [0.05, 0.1) is 28.8 Å². The van der Waals surface area contributed by atoms with Crippen LogP contribution in [-0.2, 0) is 6.54 Å². The lowest BCUT2D eigenvalue weighted by Gasteiger charge is -2.15. The van der Waals surface area contributed by atoms with Gasteiger partial charge in [0.15, 0.2) is 0 Å². The number of aromatic nitrogens is 2. The molecule has 0 radical (unpaired) electrons. The van der Waals surface area contributed by atoms with Gasteiger partial charge in [-0.2, -0.15) is 0 Å². The zero-order valence-electron chi connectivity index (χ0n) is 14.5. The number of likely N-dealkylation sites (tertiary alicyclic amines) is 1. The van der Waals surface area contributed by atoms with Crippen LogP contribution in [0.25, 0.3) is 10.9 Å². The smallest absolute Gasteiger partial charge is 0.261 e. The van der Waals surface area contributed by atoms with Crippen molar-refractivity contribution >= 4 is 40.0 Å². The van der Waals surface area contributed by atoms with Gasteiger partial charge in [0.25, 0.3) is 11.5 Å². The third-order valence-corrected chi connectivity index (χ3v) is 5.30. The summed E-state index contributed by atoms with van der Waals surface area (Å²) in [4.78, 5) is 31.3. The van der Waals surface area contributed by atoms with Crippen LogP contribution in [0.15, 0.2) is 47.5 Å². The van der Waals surface area contributed by atoms with E-state index < -0.39 is 0 Å². The molecule has 0 N–H and O–H groups in total. The molecule has 1 saturated heterocycles. The summed E-state index contributed by atoms with van der Waals surface area (Å²) in [5, 5.41) is 1.14. The lowest BCUT2D eigenvalue weighted by molar-refractivity contribution is 0.0793. The van der Waals surface area contributed by atoms with Crippen LogP contribution < -0.4 is 5.56 Å². The average Bonchev–Trinajstić information content (AvgIpc) is 3.19. The number of hydrogen-bond acceptors (Lipinski definition) is 3. The van der Waals surface area contributed by atoms with E-state index in [2.05, 4.69) is 4.98 Å². The van der Waals surface area contributed by atoms with Crippen LogP contribution in [0.5, 0.6) is 0 Å². The first-order valence-corrected chi connectivity index (χ1v) is 9.51. The molecule has 1 amide bonds. The molecule has 0 unspecified atom stereocenters. The van der Waals surface area contributed by atoms with E-state index in [4.69, 9.17) is 23.2 Å². The first-order valence-electron chi connectivity index (χ1n) is 8.75. The second kappa shape index (κ2) is 7.33. The topological polar surface area (TPSA) is 55.2 Å². The molecule has 0 atom stereocenters. The number of halogens is 2. The highest BCUT2D eigenvalue weighted by atomic mass is 35.5. The number of rotatable bonds is 3.